The van der Waals surface area contributed by atoms with Crippen molar-refractivity contribution < 1.29 is 19.0 Å². The third-order valence-corrected chi connectivity index (χ3v) is 7.55. The molecule has 2 aromatic heterocycles. The molecular formula is C29H30ClN5O5. The summed E-state index contributed by atoms with van der Waals surface area (Å²) < 4.78 is 19.0. The first-order valence-electron chi connectivity index (χ1n) is 13.3. The normalized spacial score (nSPS) is 19.8. The maximum atomic E-state index is 13.8. The molecule has 208 valence electrons. The molecular weight excluding hydrogens is 534 g/mol. The van der Waals surface area contributed by atoms with Crippen molar-refractivity contribution in [1.29, 1.82) is 0 Å². The number of ether oxygens (including phenoxy) is 3. The van der Waals surface area contributed by atoms with E-state index in [9.17, 15) is 9.59 Å². The first-order valence-corrected chi connectivity index (χ1v) is 13.7. The zero-order valence-electron chi connectivity index (χ0n) is 22.3. The van der Waals surface area contributed by atoms with Crippen LogP contribution in [0.5, 0.6) is 0 Å². The van der Waals surface area contributed by atoms with Crippen LogP contribution in [0.1, 0.15) is 30.5 Å². The Balaban J connectivity index is 1.39. The molecule has 0 bridgehead atoms. The Morgan fingerprint density at radius 3 is 2.73 bits per heavy atom. The second-order valence-corrected chi connectivity index (χ2v) is 10.7. The SMILES string of the molecule is C[C@@H]1Cc2ccc(Cl)cc2-c2cc(=O)n([C@@H](C[C@@H]3COCCO3)C(=O)Nc3ccc4nn(C)nc4c3)cc2CO1. The van der Waals surface area contributed by atoms with E-state index in [1.165, 1.54) is 9.36 Å². The van der Waals surface area contributed by atoms with E-state index in [0.717, 1.165) is 27.8 Å². The minimum atomic E-state index is -0.858. The Morgan fingerprint density at radius 2 is 1.90 bits per heavy atom. The molecule has 1 fully saturated rings. The number of hydrogen-bond acceptors (Lipinski definition) is 7. The highest BCUT2D eigenvalue weighted by molar-refractivity contribution is 6.30. The fraction of sp³-hybridized carbons (Fsp3) is 0.379. The minimum Gasteiger partial charge on any atom is -0.376 e. The highest BCUT2D eigenvalue weighted by Gasteiger charge is 2.29. The predicted octanol–water partition coefficient (Wildman–Crippen LogP) is 3.90. The minimum absolute atomic E-state index is 0.0312. The Kier molecular flexibility index (Phi) is 7.41. The summed E-state index contributed by atoms with van der Waals surface area (Å²) in [7, 11) is 1.74. The van der Waals surface area contributed by atoms with E-state index < -0.39 is 6.04 Å². The van der Waals surface area contributed by atoms with Crippen molar-refractivity contribution in [2.45, 2.75) is 44.6 Å². The summed E-state index contributed by atoms with van der Waals surface area (Å²) in [6, 6.07) is 11.8. The zero-order valence-corrected chi connectivity index (χ0v) is 23.1. The lowest BCUT2D eigenvalue weighted by Gasteiger charge is -2.29. The van der Waals surface area contributed by atoms with Crippen LogP contribution in [0.2, 0.25) is 5.02 Å². The van der Waals surface area contributed by atoms with Crippen LogP contribution in [0.15, 0.2) is 53.5 Å². The van der Waals surface area contributed by atoms with E-state index in [0.29, 0.717) is 49.1 Å². The van der Waals surface area contributed by atoms with Crippen molar-refractivity contribution >= 4 is 34.2 Å². The molecule has 3 atom stereocenters. The third kappa shape index (κ3) is 5.53. The molecule has 2 aromatic carbocycles. The summed E-state index contributed by atoms with van der Waals surface area (Å²) in [5.74, 6) is -0.344. The number of carbonyl (C=O) groups excluding carboxylic acids is 1. The molecule has 1 saturated heterocycles. The van der Waals surface area contributed by atoms with Crippen molar-refractivity contribution in [1.82, 2.24) is 19.6 Å². The highest BCUT2D eigenvalue weighted by atomic mass is 35.5. The van der Waals surface area contributed by atoms with Crippen LogP contribution in [-0.4, -0.2) is 57.5 Å². The molecule has 6 rings (SSSR count). The standard InChI is InChI=1S/C29H30ClN5O5/c1-17-9-18-3-4-20(30)10-23(18)24-13-28(36)35(14-19(24)15-40-17)27(12-22-16-38-7-8-39-22)29(37)31-21-5-6-25-26(11-21)33-34(2)32-25/h3-6,10-11,13-14,17,22,27H,7-9,12,15-16H2,1-2H3,(H,31,37)/t17-,22-,27+/m1/s1. The van der Waals surface area contributed by atoms with Crippen LogP contribution in [0.4, 0.5) is 5.69 Å². The maximum Gasteiger partial charge on any atom is 0.251 e. The number of pyridine rings is 1. The molecule has 1 N–H and O–H groups in total. The molecule has 10 nitrogen and oxygen atoms in total. The Hall–Kier alpha value is -3.57. The number of benzene rings is 2. The fourth-order valence-corrected chi connectivity index (χ4v) is 5.55. The molecule has 1 amide bonds. The van der Waals surface area contributed by atoms with Gasteiger partial charge in [0.1, 0.15) is 17.1 Å². The number of aromatic nitrogens is 4. The summed E-state index contributed by atoms with van der Waals surface area (Å²) in [6.07, 6.45) is 2.33. The summed E-state index contributed by atoms with van der Waals surface area (Å²) >= 11 is 6.36. The van der Waals surface area contributed by atoms with Gasteiger partial charge in [-0.3, -0.25) is 9.59 Å². The van der Waals surface area contributed by atoms with Crippen molar-refractivity contribution in [3.63, 3.8) is 0 Å². The molecule has 2 aliphatic rings. The van der Waals surface area contributed by atoms with Gasteiger partial charge in [0.15, 0.2) is 0 Å². The monoisotopic (exact) mass is 563 g/mol. The maximum absolute atomic E-state index is 13.8. The molecule has 2 aliphatic heterocycles. The van der Waals surface area contributed by atoms with Gasteiger partial charge in [0, 0.05) is 42.0 Å². The van der Waals surface area contributed by atoms with Gasteiger partial charge >= 0.3 is 0 Å². The predicted molar refractivity (Wildman–Crippen MR) is 150 cm³/mol. The molecule has 4 heterocycles. The number of nitrogens with zero attached hydrogens (tertiary/aromatic N) is 4. The van der Waals surface area contributed by atoms with Gasteiger partial charge in [-0.1, -0.05) is 17.7 Å². The van der Waals surface area contributed by atoms with E-state index in [4.69, 9.17) is 25.8 Å². The van der Waals surface area contributed by atoms with Crippen molar-refractivity contribution in [3.05, 3.63) is 75.2 Å². The van der Waals surface area contributed by atoms with E-state index in [1.807, 2.05) is 25.1 Å². The first kappa shape index (κ1) is 26.6. The van der Waals surface area contributed by atoms with Crippen LogP contribution in [0.25, 0.3) is 22.2 Å². The molecule has 0 saturated carbocycles. The van der Waals surface area contributed by atoms with Gasteiger partial charge in [0.25, 0.3) is 5.56 Å². The van der Waals surface area contributed by atoms with Gasteiger partial charge in [-0.25, -0.2) is 0 Å². The number of hydrogen-bond donors (Lipinski definition) is 1. The Bertz CT molecular complexity index is 1630. The van der Waals surface area contributed by atoms with E-state index in [-0.39, 0.29) is 30.1 Å². The number of rotatable bonds is 5. The molecule has 0 spiro atoms. The van der Waals surface area contributed by atoms with Crippen molar-refractivity contribution in [3.8, 4) is 11.1 Å². The van der Waals surface area contributed by atoms with Crippen molar-refractivity contribution in [2.24, 2.45) is 7.05 Å². The van der Waals surface area contributed by atoms with Crippen LogP contribution < -0.4 is 10.9 Å². The average molecular weight is 564 g/mol. The van der Waals surface area contributed by atoms with E-state index >= 15 is 0 Å². The summed E-state index contributed by atoms with van der Waals surface area (Å²) in [4.78, 5) is 29.0. The van der Waals surface area contributed by atoms with Crippen LogP contribution >= 0.6 is 11.6 Å². The number of carbonyl (C=O) groups is 1. The van der Waals surface area contributed by atoms with E-state index in [2.05, 4.69) is 15.5 Å². The van der Waals surface area contributed by atoms with Gasteiger partial charge in [0.2, 0.25) is 5.91 Å². The molecule has 0 unspecified atom stereocenters. The lowest BCUT2D eigenvalue weighted by atomic mass is 9.92. The Morgan fingerprint density at radius 1 is 1.07 bits per heavy atom. The number of amides is 1. The second-order valence-electron chi connectivity index (χ2n) is 10.3. The highest BCUT2D eigenvalue weighted by Crippen LogP contribution is 2.33. The van der Waals surface area contributed by atoms with Crippen LogP contribution in [-0.2, 0) is 39.1 Å². The largest absolute Gasteiger partial charge is 0.376 e. The lowest BCUT2D eigenvalue weighted by molar-refractivity contribution is -0.124. The number of nitrogens with one attached hydrogen (secondary N) is 1. The summed E-state index contributed by atoms with van der Waals surface area (Å²) in [6.45, 7) is 3.60. The van der Waals surface area contributed by atoms with Crippen LogP contribution in [0, 0.1) is 0 Å². The van der Waals surface area contributed by atoms with Crippen molar-refractivity contribution in [2.75, 3.05) is 25.1 Å². The van der Waals surface area contributed by atoms with E-state index in [1.54, 1.807) is 37.5 Å². The van der Waals surface area contributed by atoms with Gasteiger partial charge in [0.05, 0.1) is 38.6 Å². The van der Waals surface area contributed by atoms with Crippen LogP contribution in [0.3, 0.4) is 0 Å². The topological polar surface area (TPSA) is 110 Å². The molecule has 11 heteroatoms. The molecule has 0 radical (unpaired) electrons. The average Bonchev–Trinajstić information content (AvgIpc) is 3.31. The number of anilines is 1. The van der Waals surface area contributed by atoms with Gasteiger partial charge < -0.3 is 24.1 Å². The van der Waals surface area contributed by atoms with Gasteiger partial charge in [-0.05, 0) is 60.4 Å². The molecule has 0 aliphatic carbocycles. The summed E-state index contributed by atoms with van der Waals surface area (Å²) in [5, 5.41) is 12.2. The number of fused-ring (bicyclic) bond motifs is 4. The Labute approximate surface area is 235 Å². The van der Waals surface area contributed by atoms with Gasteiger partial charge in [-0.15, -0.1) is 0 Å². The third-order valence-electron chi connectivity index (χ3n) is 7.31. The first-order chi connectivity index (χ1) is 19.3. The lowest BCUT2D eigenvalue weighted by Crippen LogP contribution is -2.39. The molecule has 4 aromatic rings. The number of aryl methyl sites for hydroxylation is 1. The smallest absolute Gasteiger partial charge is 0.251 e. The second kappa shape index (κ2) is 11.1. The molecule has 40 heavy (non-hydrogen) atoms. The fourth-order valence-electron chi connectivity index (χ4n) is 5.37. The zero-order chi connectivity index (χ0) is 27.8. The quantitative estimate of drug-likeness (QED) is 0.392. The summed E-state index contributed by atoms with van der Waals surface area (Å²) in [5.41, 5.74) is 5.15. The van der Waals surface area contributed by atoms with Gasteiger partial charge in [-0.2, -0.15) is 15.0 Å². The number of halogens is 1.